The number of rotatable bonds is 8. The lowest BCUT2D eigenvalue weighted by Gasteiger charge is -2.10. The first-order valence-corrected chi connectivity index (χ1v) is 10.6. The van der Waals surface area contributed by atoms with Crippen molar-refractivity contribution in [1.82, 2.24) is 24.9 Å². The van der Waals surface area contributed by atoms with Gasteiger partial charge in [-0.25, -0.2) is 14.4 Å². The summed E-state index contributed by atoms with van der Waals surface area (Å²) in [5.74, 6) is -0.416. The number of thioether (sulfide) groups is 1. The lowest BCUT2D eigenvalue weighted by molar-refractivity contribution is -0.145. The molecule has 0 unspecified atom stereocenters. The largest absolute Gasteiger partial charge is 0.457 e. The minimum Gasteiger partial charge on any atom is -0.457 e. The van der Waals surface area contributed by atoms with E-state index in [4.69, 9.17) is 10.5 Å². The molecule has 2 aromatic heterocycles. The van der Waals surface area contributed by atoms with Crippen LogP contribution < -0.4 is 11.1 Å². The molecular weight excluding hydrogens is 421 g/mol. The minimum absolute atomic E-state index is 0.0251. The Morgan fingerprint density at radius 1 is 1.10 bits per heavy atom. The molecule has 3 rings (SSSR count). The second kappa shape index (κ2) is 10.1. The summed E-state index contributed by atoms with van der Waals surface area (Å²) in [5, 5.41) is 3.61. The van der Waals surface area contributed by atoms with Crippen molar-refractivity contribution in [3.8, 4) is 0 Å². The Bertz CT molecular complexity index is 1060. The van der Waals surface area contributed by atoms with Crippen molar-refractivity contribution in [1.29, 1.82) is 0 Å². The molecule has 0 aliphatic rings. The van der Waals surface area contributed by atoms with Gasteiger partial charge in [0.05, 0.1) is 0 Å². The number of anilines is 3. The van der Waals surface area contributed by atoms with E-state index in [1.54, 1.807) is 0 Å². The molecule has 9 nitrogen and oxygen atoms in total. The second-order valence-electron chi connectivity index (χ2n) is 6.59. The number of nitrogens with zero attached hydrogens (tertiary/aromatic N) is 5. The van der Waals surface area contributed by atoms with Crippen LogP contribution in [0.3, 0.4) is 0 Å². The molecule has 0 aliphatic heterocycles. The van der Waals surface area contributed by atoms with E-state index in [9.17, 15) is 9.18 Å². The average molecular weight is 444 g/mol. The summed E-state index contributed by atoms with van der Waals surface area (Å²) in [7, 11) is 0. The fraction of sp³-hybridized carbons (Fsp3) is 0.300. The zero-order valence-corrected chi connectivity index (χ0v) is 18.2. The van der Waals surface area contributed by atoms with Gasteiger partial charge >= 0.3 is 5.97 Å². The lowest BCUT2D eigenvalue weighted by Crippen LogP contribution is -2.12. The zero-order chi connectivity index (χ0) is 22.4. The number of nitrogens with one attached hydrogen (secondary N) is 1. The van der Waals surface area contributed by atoms with Crippen molar-refractivity contribution in [2.24, 2.45) is 0 Å². The SMILES string of the molecule is CSc1nc(C)c(CCC(=O)OCc2nc(N)nc(Nc3ccc(F)cc3)n2)c(C)n1. The van der Waals surface area contributed by atoms with Crippen LogP contribution in [0.15, 0.2) is 29.4 Å². The Kier molecular flexibility index (Phi) is 7.29. The van der Waals surface area contributed by atoms with Gasteiger partial charge < -0.3 is 15.8 Å². The number of nitrogen functional groups attached to an aromatic ring is 1. The van der Waals surface area contributed by atoms with E-state index in [0.29, 0.717) is 17.3 Å². The summed E-state index contributed by atoms with van der Waals surface area (Å²) in [6, 6.07) is 5.68. The number of aryl methyl sites for hydroxylation is 2. The number of nitrogens with two attached hydrogens (primary N) is 1. The molecule has 0 saturated heterocycles. The molecule has 11 heteroatoms. The molecule has 0 spiro atoms. The van der Waals surface area contributed by atoms with Crippen LogP contribution in [-0.2, 0) is 22.6 Å². The monoisotopic (exact) mass is 443 g/mol. The number of carbonyl (C=O) groups excluding carboxylic acids is 1. The molecule has 0 atom stereocenters. The van der Waals surface area contributed by atoms with Crippen molar-refractivity contribution in [3.63, 3.8) is 0 Å². The maximum absolute atomic E-state index is 13.0. The van der Waals surface area contributed by atoms with Crippen molar-refractivity contribution in [2.45, 2.75) is 38.5 Å². The van der Waals surface area contributed by atoms with E-state index in [-0.39, 0.29) is 36.6 Å². The highest BCUT2D eigenvalue weighted by molar-refractivity contribution is 7.98. The molecule has 0 saturated carbocycles. The Morgan fingerprint density at radius 2 is 1.77 bits per heavy atom. The molecule has 2 heterocycles. The Balaban J connectivity index is 1.57. The van der Waals surface area contributed by atoms with E-state index in [1.165, 1.54) is 36.0 Å². The average Bonchev–Trinajstić information content (AvgIpc) is 2.72. The quantitative estimate of drug-likeness (QED) is 0.304. The van der Waals surface area contributed by atoms with Crippen molar-refractivity contribution >= 4 is 35.3 Å². The molecule has 3 N–H and O–H groups in total. The Labute approximate surface area is 183 Å². The van der Waals surface area contributed by atoms with Crippen LogP contribution in [-0.4, -0.2) is 37.1 Å². The van der Waals surface area contributed by atoms with Crippen LogP contribution in [0.2, 0.25) is 0 Å². The van der Waals surface area contributed by atoms with Gasteiger partial charge in [0.2, 0.25) is 11.9 Å². The van der Waals surface area contributed by atoms with Gasteiger partial charge in [0.15, 0.2) is 17.6 Å². The van der Waals surface area contributed by atoms with Crippen LogP contribution in [0.25, 0.3) is 0 Å². The number of hydrogen-bond acceptors (Lipinski definition) is 10. The number of hydrogen-bond donors (Lipinski definition) is 2. The molecule has 1 aromatic carbocycles. The predicted octanol–water partition coefficient (Wildman–Crippen LogP) is 3.14. The van der Waals surface area contributed by atoms with E-state index in [0.717, 1.165) is 17.0 Å². The number of halogens is 1. The van der Waals surface area contributed by atoms with E-state index < -0.39 is 5.97 Å². The molecule has 0 bridgehead atoms. The van der Waals surface area contributed by atoms with Gasteiger partial charge in [0.1, 0.15) is 5.82 Å². The van der Waals surface area contributed by atoms with E-state index in [2.05, 4.69) is 30.2 Å². The third kappa shape index (κ3) is 6.32. The molecule has 0 radical (unpaired) electrons. The van der Waals surface area contributed by atoms with Crippen molar-refractivity contribution in [2.75, 3.05) is 17.3 Å². The Hall–Kier alpha value is -3.34. The van der Waals surface area contributed by atoms with Gasteiger partial charge in [-0.3, -0.25) is 4.79 Å². The van der Waals surface area contributed by atoms with Crippen molar-refractivity contribution < 1.29 is 13.9 Å². The molecule has 162 valence electrons. The number of benzene rings is 1. The highest BCUT2D eigenvalue weighted by Crippen LogP contribution is 2.18. The van der Waals surface area contributed by atoms with E-state index >= 15 is 0 Å². The third-order valence-electron chi connectivity index (χ3n) is 4.32. The van der Waals surface area contributed by atoms with Gasteiger partial charge in [-0.1, -0.05) is 11.8 Å². The lowest BCUT2D eigenvalue weighted by atomic mass is 10.1. The van der Waals surface area contributed by atoms with Gasteiger partial charge in [0.25, 0.3) is 0 Å². The molecule has 0 aliphatic carbocycles. The summed E-state index contributed by atoms with van der Waals surface area (Å²) in [5.41, 5.74) is 8.94. The number of aromatic nitrogens is 5. The van der Waals surface area contributed by atoms with Gasteiger partial charge in [-0.2, -0.15) is 15.0 Å². The number of esters is 1. The van der Waals surface area contributed by atoms with E-state index in [1.807, 2.05) is 20.1 Å². The topological polar surface area (TPSA) is 129 Å². The highest BCUT2D eigenvalue weighted by atomic mass is 32.2. The molecule has 3 aromatic rings. The Morgan fingerprint density at radius 3 is 2.42 bits per heavy atom. The zero-order valence-electron chi connectivity index (χ0n) is 17.3. The molecular formula is C20H22FN7O2S. The van der Waals surface area contributed by atoms with Gasteiger partial charge in [-0.05, 0) is 56.4 Å². The first-order valence-electron chi connectivity index (χ1n) is 9.41. The van der Waals surface area contributed by atoms with Gasteiger partial charge in [0, 0.05) is 23.5 Å². The van der Waals surface area contributed by atoms with Crippen LogP contribution in [0.5, 0.6) is 0 Å². The first kappa shape index (κ1) is 22.3. The van der Waals surface area contributed by atoms with Crippen LogP contribution >= 0.6 is 11.8 Å². The summed E-state index contributed by atoms with van der Waals surface area (Å²) in [4.78, 5) is 33.2. The minimum atomic E-state index is -0.403. The summed E-state index contributed by atoms with van der Waals surface area (Å²) >= 11 is 1.47. The van der Waals surface area contributed by atoms with Crippen LogP contribution in [0, 0.1) is 19.7 Å². The molecule has 0 fully saturated rings. The molecule has 31 heavy (non-hydrogen) atoms. The molecule has 0 amide bonds. The number of carbonyl (C=O) groups is 1. The highest BCUT2D eigenvalue weighted by Gasteiger charge is 2.13. The summed E-state index contributed by atoms with van der Waals surface area (Å²) < 4.78 is 18.3. The fourth-order valence-electron chi connectivity index (χ4n) is 2.83. The maximum atomic E-state index is 13.0. The smallest absolute Gasteiger partial charge is 0.306 e. The standard InChI is InChI=1S/C20H22FN7O2S/c1-11-15(12(2)24-20(23-11)31-3)8-9-17(29)30-10-16-26-18(22)28-19(27-16)25-14-6-4-13(21)5-7-14/h4-7H,8-10H2,1-3H3,(H3,22,25,26,27,28). The normalized spacial score (nSPS) is 10.7. The fourth-order valence-corrected chi connectivity index (χ4v) is 3.28. The first-order chi connectivity index (χ1) is 14.8. The predicted molar refractivity (Wildman–Crippen MR) is 115 cm³/mol. The van der Waals surface area contributed by atoms with Crippen LogP contribution in [0.4, 0.5) is 22.0 Å². The summed E-state index contributed by atoms with van der Waals surface area (Å²) in [6.45, 7) is 3.65. The maximum Gasteiger partial charge on any atom is 0.306 e. The summed E-state index contributed by atoms with van der Waals surface area (Å²) in [6.07, 6.45) is 2.56. The van der Waals surface area contributed by atoms with Crippen molar-refractivity contribution in [3.05, 3.63) is 52.9 Å². The number of ether oxygens (including phenoxy) is 1. The van der Waals surface area contributed by atoms with Crippen LogP contribution in [0.1, 0.15) is 29.2 Å². The second-order valence-corrected chi connectivity index (χ2v) is 7.36. The van der Waals surface area contributed by atoms with Gasteiger partial charge in [-0.15, -0.1) is 0 Å². The third-order valence-corrected chi connectivity index (χ3v) is 4.87.